The minimum atomic E-state index is -0.718. The molecule has 3 aromatic rings. The fraction of sp³-hybridized carbons (Fsp3) is 0.500. The lowest BCUT2D eigenvalue weighted by molar-refractivity contribution is -0.142. The van der Waals surface area contributed by atoms with Crippen LogP contribution >= 0.6 is 0 Å². The molecule has 3 atom stereocenters. The zero-order valence-electron chi connectivity index (χ0n) is 24.9. The number of benzene rings is 2. The summed E-state index contributed by atoms with van der Waals surface area (Å²) in [6.07, 6.45) is 12.5. The Morgan fingerprint density at radius 1 is 1.10 bits per heavy atom. The summed E-state index contributed by atoms with van der Waals surface area (Å²) < 4.78 is 12.2. The molecule has 2 saturated carbocycles. The molecule has 6 heteroatoms. The summed E-state index contributed by atoms with van der Waals surface area (Å²) in [5.74, 6) is 0.929. The van der Waals surface area contributed by atoms with Crippen LogP contribution in [0.1, 0.15) is 92.6 Å². The Morgan fingerprint density at radius 3 is 2.71 bits per heavy atom. The molecular formula is C36H42N2O4. The van der Waals surface area contributed by atoms with Crippen LogP contribution in [-0.2, 0) is 17.8 Å². The number of rotatable bonds is 9. The van der Waals surface area contributed by atoms with Crippen molar-refractivity contribution in [3.63, 3.8) is 0 Å². The van der Waals surface area contributed by atoms with Crippen LogP contribution in [0, 0.1) is 11.8 Å². The highest BCUT2D eigenvalue weighted by atomic mass is 16.5. The lowest BCUT2D eigenvalue weighted by Crippen LogP contribution is -2.40. The Hall–Kier alpha value is -3.38. The van der Waals surface area contributed by atoms with E-state index < -0.39 is 11.9 Å². The summed E-state index contributed by atoms with van der Waals surface area (Å²) in [6, 6.07) is 17.4. The van der Waals surface area contributed by atoms with Gasteiger partial charge in [0.2, 0.25) is 5.88 Å². The van der Waals surface area contributed by atoms with Crippen molar-refractivity contribution >= 4 is 5.97 Å². The number of ether oxygens (including phenoxy) is 2. The molecule has 1 aromatic heterocycles. The molecular weight excluding hydrogens is 524 g/mol. The van der Waals surface area contributed by atoms with Gasteiger partial charge >= 0.3 is 5.97 Å². The fourth-order valence-electron chi connectivity index (χ4n) is 7.64. The van der Waals surface area contributed by atoms with Crippen molar-refractivity contribution in [1.82, 2.24) is 9.88 Å². The molecule has 2 aliphatic carbocycles. The molecule has 1 spiro atoms. The third kappa shape index (κ3) is 5.30. The number of carboxylic acid groups (broad SMARTS) is 1. The molecule has 2 aliphatic heterocycles. The van der Waals surface area contributed by atoms with E-state index in [1.807, 2.05) is 19.2 Å². The molecule has 2 aromatic carbocycles. The molecule has 0 amide bonds. The molecule has 1 unspecified atom stereocenters. The monoisotopic (exact) mass is 566 g/mol. The van der Waals surface area contributed by atoms with Crippen molar-refractivity contribution in [2.75, 3.05) is 13.7 Å². The van der Waals surface area contributed by atoms with Gasteiger partial charge in [0.1, 0.15) is 11.9 Å². The van der Waals surface area contributed by atoms with Crippen molar-refractivity contribution in [2.45, 2.75) is 88.8 Å². The van der Waals surface area contributed by atoms with E-state index in [-0.39, 0.29) is 12.0 Å². The second-order valence-electron chi connectivity index (χ2n) is 13.1. The minimum absolute atomic E-state index is 0.0277. The third-order valence-electron chi connectivity index (χ3n) is 10.4. The van der Waals surface area contributed by atoms with Gasteiger partial charge in [-0.05, 0) is 115 Å². The number of carboxylic acids is 1. The van der Waals surface area contributed by atoms with Gasteiger partial charge in [0, 0.05) is 24.3 Å². The molecule has 0 bridgehead atoms. The second kappa shape index (κ2) is 11.0. The van der Waals surface area contributed by atoms with Crippen molar-refractivity contribution < 1.29 is 19.4 Å². The van der Waals surface area contributed by atoms with E-state index in [0.29, 0.717) is 17.3 Å². The summed E-state index contributed by atoms with van der Waals surface area (Å²) in [6.45, 7) is 3.96. The first-order valence-electron chi connectivity index (χ1n) is 15.8. The van der Waals surface area contributed by atoms with Gasteiger partial charge in [0.15, 0.2) is 0 Å². The number of pyridine rings is 1. The van der Waals surface area contributed by atoms with E-state index in [0.717, 1.165) is 55.6 Å². The summed E-state index contributed by atoms with van der Waals surface area (Å²) in [5.41, 5.74) is 7.64. The maximum Gasteiger partial charge on any atom is 0.306 e. The molecule has 6 nitrogen and oxygen atoms in total. The topological polar surface area (TPSA) is 71.9 Å². The van der Waals surface area contributed by atoms with Gasteiger partial charge in [-0.1, -0.05) is 43.7 Å². The average Bonchev–Trinajstić information content (AvgIpc) is 3.96. The van der Waals surface area contributed by atoms with Crippen molar-refractivity contribution in [2.24, 2.45) is 11.8 Å². The number of carbonyl (C=O) groups is 1. The third-order valence-corrected chi connectivity index (χ3v) is 10.4. The number of aryl methyl sites for hydroxylation is 1. The molecule has 0 radical (unpaired) electrons. The van der Waals surface area contributed by atoms with Crippen LogP contribution in [0.2, 0.25) is 0 Å². The number of methoxy groups -OCH3 is 1. The highest BCUT2D eigenvalue weighted by molar-refractivity contribution is 5.71. The quantitative estimate of drug-likeness (QED) is 0.288. The van der Waals surface area contributed by atoms with E-state index >= 15 is 0 Å². The Balaban J connectivity index is 1.20. The zero-order valence-corrected chi connectivity index (χ0v) is 24.9. The van der Waals surface area contributed by atoms with Gasteiger partial charge in [-0.25, -0.2) is 4.98 Å². The van der Waals surface area contributed by atoms with E-state index in [4.69, 9.17) is 9.47 Å². The number of aromatic nitrogens is 1. The smallest absolute Gasteiger partial charge is 0.306 e. The minimum Gasteiger partial charge on any atom is -0.485 e. The summed E-state index contributed by atoms with van der Waals surface area (Å²) >= 11 is 0. The van der Waals surface area contributed by atoms with Gasteiger partial charge in [-0.2, -0.15) is 0 Å². The predicted octanol–water partition coefficient (Wildman–Crippen LogP) is 7.56. The molecule has 1 N–H and O–H groups in total. The first-order valence-corrected chi connectivity index (χ1v) is 15.8. The summed E-state index contributed by atoms with van der Waals surface area (Å²) in [4.78, 5) is 19.0. The summed E-state index contributed by atoms with van der Waals surface area (Å²) in [5, 5.41) is 9.79. The lowest BCUT2D eigenvalue weighted by atomic mass is 9.82. The number of hydrogen-bond acceptors (Lipinski definition) is 5. The number of hydrogen-bond donors (Lipinski definition) is 1. The van der Waals surface area contributed by atoms with Crippen molar-refractivity contribution in [3.05, 3.63) is 77.0 Å². The van der Waals surface area contributed by atoms with Gasteiger partial charge in [0.25, 0.3) is 0 Å². The molecule has 42 heavy (non-hydrogen) atoms. The standard InChI is InChI=1S/C36H42N2O4/c1-23(35(39)40)34(25-6-7-25)28-8-5-24-10-12-31(42-32(24)20-28)27-9-11-30(26-13-17-37-33(21-26)41-2)29(19-27)22-38-18-4-3-14-36(38)15-16-36/h5,8-9,11,13,17,19-21,23,25,31,34H,3-4,6-7,10,12,14-16,18,22H2,1-2H3,(H,39,40)/t23-,31-,34?/m0/s1. The number of nitrogens with zero attached hydrogens (tertiary/aromatic N) is 2. The van der Waals surface area contributed by atoms with Gasteiger partial charge in [0.05, 0.1) is 13.0 Å². The van der Waals surface area contributed by atoms with Gasteiger partial charge in [-0.3, -0.25) is 9.69 Å². The largest absolute Gasteiger partial charge is 0.485 e. The fourth-order valence-corrected chi connectivity index (χ4v) is 7.64. The van der Waals surface area contributed by atoms with E-state index in [9.17, 15) is 9.90 Å². The SMILES string of the molecule is COc1cc(-c2ccc([C@@H]3CCc4ccc(C(C5CC5)[C@H](C)C(=O)O)cc4O3)cc2CN2CCCCC23CC3)ccn1. The number of piperidine rings is 1. The normalized spacial score (nSPS) is 22.6. The number of fused-ring (bicyclic) bond motifs is 1. The maximum atomic E-state index is 11.9. The highest BCUT2D eigenvalue weighted by Gasteiger charge is 2.48. The maximum absolute atomic E-state index is 11.9. The van der Waals surface area contributed by atoms with Crippen LogP contribution < -0.4 is 9.47 Å². The van der Waals surface area contributed by atoms with E-state index in [1.165, 1.54) is 54.4 Å². The molecule has 4 aliphatic rings. The first-order chi connectivity index (χ1) is 20.4. The Labute approximate surface area is 249 Å². The van der Waals surface area contributed by atoms with Crippen molar-refractivity contribution in [1.29, 1.82) is 0 Å². The molecule has 1 saturated heterocycles. The number of likely N-dealkylation sites (tertiary alicyclic amines) is 1. The van der Waals surface area contributed by atoms with Crippen LogP contribution in [0.3, 0.4) is 0 Å². The molecule has 7 rings (SSSR count). The average molecular weight is 567 g/mol. The van der Waals surface area contributed by atoms with E-state index in [1.54, 1.807) is 7.11 Å². The van der Waals surface area contributed by atoms with Crippen molar-refractivity contribution in [3.8, 4) is 22.8 Å². The van der Waals surface area contributed by atoms with Gasteiger partial charge in [-0.15, -0.1) is 0 Å². The van der Waals surface area contributed by atoms with Crippen LogP contribution in [-0.4, -0.2) is 40.2 Å². The van der Waals surface area contributed by atoms with Crippen LogP contribution in [0.5, 0.6) is 11.6 Å². The van der Waals surface area contributed by atoms with Crippen LogP contribution in [0.4, 0.5) is 0 Å². The summed E-state index contributed by atoms with van der Waals surface area (Å²) in [7, 11) is 1.67. The molecule has 3 heterocycles. The number of aliphatic carboxylic acids is 1. The van der Waals surface area contributed by atoms with Crippen LogP contribution in [0.15, 0.2) is 54.7 Å². The van der Waals surface area contributed by atoms with E-state index in [2.05, 4.69) is 52.3 Å². The Morgan fingerprint density at radius 2 is 1.95 bits per heavy atom. The molecule has 220 valence electrons. The predicted molar refractivity (Wildman–Crippen MR) is 163 cm³/mol. The molecule has 3 fully saturated rings. The lowest BCUT2D eigenvalue weighted by Gasteiger charge is -2.37. The van der Waals surface area contributed by atoms with Crippen LogP contribution in [0.25, 0.3) is 11.1 Å². The van der Waals surface area contributed by atoms with Gasteiger partial charge < -0.3 is 14.6 Å². The Kier molecular flexibility index (Phi) is 7.21. The second-order valence-corrected chi connectivity index (χ2v) is 13.1. The zero-order chi connectivity index (χ0) is 28.8. The highest BCUT2D eigenvalue weighted by Crippen LogP contribution is 2.50. The Bertz CT molecular complexity index is 1480. The first kappa shape index (κ1) is 27.5.